The fourth-order valence-corrected chi connectivity index (χ4v) is 3.24. The zero-order valence-corrected chi connectivity index (χ0v) is 16.8. The summed E-state index contributed by atoms with van der Waals surface area (Å²) in [5, 5.41) is 6.30. The lowest BCUT2D eigenvalue weighted by molar-refractivity contribution is 0.102. The van der Waals surface area contributed by atoms with Crippen molar-refractivity contribution in [2.45, 2.75) is 20.0 Å². The van der Waals surface area contributed by atoms with Gasteiger partial charge in [-0.15, -0.1) is 11.3 Å². The van der Waals surface area contributed by atoms with Gasteiger partial charge in [0.1, 0.15) is 10.8 Å². The number of amides is 2. The molecule has 6 nitrogen and oxygen atoms in total. The predicted octanol–water partition coefficient (Wildman–Crippen LogP) is 5.09. The molecule has 0 unspecified atom stereocenters. The first-order valence-corrected chi connectivity index (χ1v) is 9.76. The lowest BCUT2D eigenvalue weighted by atomic mass is 10.2. The number of benzene rings is 2. The summed E-state index contributed by atoms with van der Waals surface area (Å²) in [7, 11) is 0. The summed E-state index contributed by atoms with van der Waals surface area (Å²) in [4.78, 5) is 29.0. The van der Waals surface area contributed by atoms with Crippen LogP contribution in [-0.2, 0) is 0 Å². The number of ether oxygens (including phenoxy) is 1. The third-order valence-corrected chi connectivity index (χ3v) is 4.56. The van der Waals surface area contributed by atoms with E-state index in [0.717, 1.165) is 5.75 Å². The van der Waals surface area contributed by atoms with Gasteiger partial charge in [0.05, 0.1) is 11.6 Å². The monoisotopic (exact) mass is 415 g/mol. The SMILES string of the molecule is CC(C)Oc1ccc(NC(=O)c2ncsc2NC(=O)c2cccc(Cl)c2)cc1. The first-order valence-electron chi connectivity index (χ1n) is 8.51. The van der Waals surface area contributed by atoms with Crippen LogP contribution in [0.1, 0.15) is 34.7 Å². The van der Waals surface area contributed by atoms with Crippen LogP contribution < -0.4 is 15.4 Å². The van der Waals surface area contributed by atoms with Crippen LogP contribution in [0, 0.1) is 0 Å². The number of anilines is 2. The Bertz CT molecular complexity index is 986. The number of nitrogens with zero attached hydrogens (tertiary/aromatic N) is 1. The van der Waals surface area contributed by atoms with E-state index in [1.54, 1.807) is 48.5 Å². The Labute approximate surface area is 171 Å². The maximum absolute atomic E-state index is 12.6. The normalized spacial score (nSPS) is 10.6. The van der Waals surface area contributed by atoms with Crippen molar-refractivity contribution in [3.8, 4) is 5.75 Å². The number of nitrogens with one attached hydrogen (secondary N) is 2. The summed E-state index contributed by atoms with van der Waals surface area (Å²) in [6, 6.07) is 13.6. The molecule has 0 saturated heterocycles. The van der Waals surface area contributed by atoms with Gasteiger partial charge in [-0.2, -0.15) is 0 Å². The Balaban J connectivity index is 1.68. The molecule has 2 amide bonds. The third kappa shape index (κ3) is 5.09. The summed E-state index contributed by atoms with van der Waals surface area (Å²) >= 11 is 7.09. The van der Waals surface area contributed by atoms with Crippen molar-refractivity contribution in [2.75, 3.05) is 10.6 Å². The van der Waals surface area contributed by atoms with Gasteiger partial charge in [0.15, 0.2) is 5.69 Å². The fraction of sp³-hybridized carbons (Fsp3) is 0.150. The highest BCUT2D eigenvalue weighted by Crippen LogP contribution is 2.24. The molecule has 2 aromatic carbocycles. The summed E-state index contributed by atoms with van der Waals surface area (Å²) in [6.07, 6.45) is 0.0705. The minimum Gasteiger partial charge on any atom is -0.491 e. The largest absolute Gasteiger partial charge is 0.491 e. The molecule has 0 aliphatic carbocycles. The van der Waals surface area contributed by atoms with Crippen LogP contribution >= 0.6 is 22.9 Å². The van der Waals surface area contributed by atoms with Crippen LogP contribution in [0.2, 0.25) is 5.02 Å². The Morgan fingerprint density at radius 3 is 2.50 bits per heavy atom. The predicted molar refractivity (Wildman–Crippen MR) is 112 cm³/mol. The smallest absolute Gasteiger partial charge is 0.277 e. The molecule has 1 heterocycles. The molecule has 0 aliphatic heterocycles. The molecule has 3 aromatic rings. The number of halogens is 1. The van der Waals surface area contributed by atoms with Crippen molar-refractivity contribution in [1.82, 2.24) is 4.98 Å². The van der Waals surface area contributed by atoms with Crippen molar-refractivity contribution in [1.29, 1.82) is 0 Å². The van der Waals surface area contributed by atoms with Crippen LogP contribution in [0.3, 0.4) is 0 Å². The highest BCUT2D eigenvalue weighted by Gasteiger charge is 2.18. The van der Waals surface area contributed by atoms with Gasteiger partial charge in [0.2, 0.25) is 0 Å². The van der Waals surface area contributed by atoms with Gasteiger partial charge in [-0.3, -0.25) is 9.59 Å². The summed E-state index contributed by atoms with van der Waals surface area (Å²) < 4.78 is 5.58. The van der Waals surface area contributed by atoms with Crippen molar-refractivity contribution < 1.29 is 14.3 Å². The minimum atomic E-state index is -0.417. The zero-order chi connectivity index (χ0) is 20.1. The molecule has 0 spiro atoms. The van der Waals surface area contributed by atoms with Crippen LogP contribution in [-0.4, -0.2) is 22.9 Å². The Morgan fingerprint density at radius 2 is 1.82 bits per heavy atom. The molecular weight excluding hydrogens is 398 g/mol. The quantitative estimate of drug-likeness (QED) is 0.587. The lowest BCUT2D eigenvalue weighted by Crippen LogP contribution is -2.17. The fourth-order valence-electron chi connectivity index (χ4n) is 2.38. The van der Waals surface area contributed by atoms with E-state index in [2.05, 4.69) is 15.6 Å². The maximum Gasteiger partial charge on any atom is 0.277 e. The lowest BCUT2D eigenvalue weighted by Gasteiger charge is -2.10. The summed E-state index contributed by atoms with van der Waals surface area (Å²) in [6.45, 7) is 3.88. The number of carbonyl (C=O) groups is 2. The molecule has 1 aromatic heterocycles. The molecule has 8 heteroatoms. The van der Waals surface area contributed by atoms with Crippen molar-refractivity contribution in [3.05, 3.63) is 70.3 Å². The van der Waals surface area contributed by atoms with Gasteiger partial charge < -0.3 is 15.4 Å². The molecule has 144 valence electrons. The van der Waals surface area contributed by atoms with E-state index in [1.165, 1.54) is 16.8 Å². The molecule has 0 bridgehead atoms. The van der Waals surface area contributed by atoms with E-state index in [-0.39, 0.29) is 17.7 Å². The second-order valence-electron chi connectivity index (χ2n) is 6.14. The molecule has 2 N–H and O–H groups in total. The van der Waals surface area contributed by atoms with Gasteiger partial charge in [-0.1, -0.05) is 17.7 Å². The maximum atomic E-state index is 12.6. The van der Waals surface area contributed by atoms with Crippen molar-refractivity contribution in [2.24, 2.45) is 0 Å². The van der Waals surface area contributed by atoms with E-state index in [9.17, 15) is 9.59 Å². The average Bonchev–Trinajstić information content (AvgIpc) is 3.11. The highest BCUT2D eigenvalue weighted by atomic mass is 35.5. The third-order valence-electron chi connectivity index (χ3n) is 3.58. The van der Waals surface area contributed by atoms with E-state index in [4.69, 9.17) is 16.3 Å². The molecule has 0 fully saturated rings. The Kier molecular flexibility index (Phi) is 6.28. The van der Waals surface area contributed by atoms with E-state index < -0.39 is 5.91 Å². The number of rotatable bonds is 6. The van der Waals surface area contributed by atoms with Gasteiger partial charge >= 0.3 is 0 Å². The summed E-state index contributed by atoms with van der Waals surface area (Å²) in [5.41, 5.74) is 2.64. The number of hydrogen-bond donors (Lipinski definition) is 2. The molecule has 0 atom stereocenters. The Morgan fingerprint density at radius 1 is 1.07 bits per heavy atom. The first-order chi connectivity index (χ1) is 13.4. The standard InChI is InChI=1S/C20H18ClN3O3S/c1-12(2)27-16-8-6-15(7-9-16)23-19(26)17-20(28-11-22-17)24-18(25)13-4-3-5-14(21)10-13/h3-12H,1-2H3,(H,23,26)(H,24,25). The van der Waals surface area contributed by atoms with Gasteiger partial charge in [0, 0.05) is 16.3 Å². The van der Waals surface area contributed by atoms with E-state index >= 15 is 0 Å². The van der Waals surface area contributed by atoms with E-state index in [0.29, 0.717) is 21.3 Å². The van der Waals surface area contributed by atoms with Crippen LogP contribution in [0.15, 0.2) is 54.0 Å². The molecule has 3 rings (SSSR count). The number of thiazole rings is 1. The van der Waals surface area contributed by atoms with Crippen LogP contribution in [0.4, 0.5) is 10.7 Å². The summed E-state index contributed by atoms with van der Waals surface area (Å²) in [5.74, 6) is -0.0627. The van der Waals surface area contributed by atoms with Gasteiger partial charge in [-0.05, 0) is 56.3 Å². The van der Waals surface area contributed by atoms with Crippen molar-refractivity contribution in [3.63, 3.8) is 0 Å². The van der Waals surface area contributed by atoms with Crippen LogP contribution in [0.5, 0.6) is 5.75 Å². The molecular formula is C20H18ClN3O3S. The highest BCUT2D eigenvalue weighted by molar-refractivity contribution is 7.14. The topological polar surface area (TPSA) is 80.3 Å². The average molecular weight is 416 g/mol. The van der Waals surface area contributed by atoms with E-state index in [1.807, 2.05) is 13.8 Å². The van der Waals surface area contributed by atoms with Crippen LogP contribution in [0.25, 0.3) is 0 Å². The number of aromatic nitrogens is 1. The van der Waals surface area contributed by atoms with Gasteiger partial charge in [-0.25, -0.2) is 4.98 Å². The Hall–Kier alpha value is -2.90. The molecule has 0 saturated carbocycles. The molecule has 0 aliphatic rings. The first kappa shape index (κ1) is 19.9. The van der Waals surface area contributed by atoms with Crippen molar-refractivity contribution >= 4 is 45.4 Å². The minimum absolute atomic E-state index is 0.0705. The molecule has 0 radical (unpaired) electrons. The number of carbonyl (C=O) groups excluding carboxylic acids is 2. The second kappa shape index (κ2) is 8.86. The van der Waals surface area contributed by atoms with Gasteiger partial charge in [0.25, 0.3) is 11.8 Å². The molecule has 28 heavy (non-hydrogen) atoms. The number of hydrogen-bond acceptors (Lipinski definition) is 5. The zero-order valence-electron chi connectivity index (χ0n) is 15.2. The second-order valence-corrected chi connectivity index (χ2v) is 7.43.